The minimum atomic E-state index is -0.569. The first-order valence-electron chi connectivity index (χ1n) is 11.5. The van der Waals surface area contributed by atoms with E-state index in [1.54, 1.807) is 24.0 Å². The van der Waals surface area contributed by atoms with E-state index in [1.807, 2.05) is 6.07 Å². The second-order valence-corrected chi connectivity index (χ2v) is 9.42. The number of nitrogens with one attached hydrogen (secondary N) is 1. The molecule has 1 unspecified atom stereocenters. The van der Waals surface area contributed by atoms with Crippen LogP contribution in [-0.4, -0.2) is 28.8 Å². The Labute approximate surface area is 201 Å². The lowest BCUT2D eigenvalue weighted by molar-refractivity contribution is -0.140. The molecule has 2 aromatic rings. The fraction of sp³-hybridized carbons (Fsp3) is 0.462. The predicted octanol–water partition coefficient (Wildman–Crippen LogP) is 5.96. The van der Waals surface area contributed by atoms with Crippen LogP contribution < -0.4 is 5.32 Å². The van der Waals surface area contributed by atoms with Crippen LogP contribution in [0, 0.1) is 0 Å². The molecule has 0 radical (unpaired) electrons. The van der Waals surface area contributed by atoms with Gasteiger partial charge in [-0.2, -0.15) is 0 Å². The summed E-state index contributed by atoms with van der Waals surface area (Å²) in [6, 6.07) is 13.3. The Hall–Kier alpha value is -2.04. The molecule has 4 nitrogen and oxygen atoms in total. The molecule has 0 bridgehead atoms. The minimum Gasteiger partial charge on any atom is -0.352 e. The van der Waals surface area contributed by atoms with Crippen LogP contribution in [0.25, 0.3) is 0 Å². The van der Waals surface area contributed by atoms with E-state index in [0.29, 0.717) is 29.4 Å². The van der Waals surface area contributed by atoms with Crippen molar-refractivity contribution in [1.29, 1.82) is 0 Å². The van der Waals surface area contributed by atoms with Crippen molar-refractivity contribution in [2.45, 2.75) is 77.4 Å². The number of benzene rings is 2. The molecule has 2 amide bonds. The second-order valence-electron chi connectivity index (χ2n) is 8.61. The third kappa shape index (κ3) is 6.73. The highest BCUT2D eigenvalue weighted by Crippen LogP contribution is 2.24. The monoisotopic (exact) mass is 474 g/mol. The molecule has 0 heterocycles. The van der Waals surface area contributed by atoms with Crippen LogP contribution in [0.2, 0.25) is 10.0 Å². The van der Waals surface area contributed by atoms with Gasteiger partial charge in [0, 0.05) is 19.0 Å². The molecule has 1 aliphatic rings. The van der Waals surface area contributed by atoms with E-state index < -0.39 is 6.04 Å². The highest BCUT2D eigenvalue weighted by molar-refractivity contribution is 6.42. The van der Waals surface area contributed by atoms with Crippen molar-refractivity contribution in [3.8, 4) is 0 Å². The summed E-state index contributed by atoms with van der Waals surface area (Å²) in [5, 5.41) is 4.04. The molecule has 32 heavy (non-hydrogen) atoms. The SMILES string of the molecule is CCc1ccc(CCC(=O)N(Cc2ccc(Cl)c(Cl)c2)C(C)C(=O)NC2CCCC2)cc1. The third-order valence-corrected chi connectivity index (χ3v) is 7.00. The van der Waals surface area contributed by atoms with Crippen LogP contribution >= 0.6 is 23.2 Å². The normalized spacial score (nSPS) is 14.9. The molecule has 3 rings (SSSR count). The number of rotatable bonds is 9. The molecule has 1 N–H and O–H groups in total. The van der Waals surface area contributed by atoms with Gasteiger partial charge in [-0.1, -0.05) is 73.3 Å². The fourth-order valence-corrected chi connectivity index (χ4v) is 4.47. The Morgan fingerprint density at radius 2 is 1.62 bits per heavy atom. The summed E-state index contributed by atoms with van der Waals surface area (Å²) in [6.45, 7) is 4.23. The van der Waals surface area contributed by atoms with Crippen molar-refractivity contribution >= 4 is 35.0 Å². The molecule has 6 heteroatoms. The van der Waals surface area contributed by atoms with Gasteiger partial charge in [0.25, 0.3) is 0 Å². The lowest BCUT2D eigenvalue weighted by atomic mass is 10.0. The largest absolute Gasteiger partial charge is 0.352 e. The van der Waals surface area contributed by atoms with E-state index in [1.165, 1.54) is 5.56 Å². The van der Waals surface area contributed by atoms with Crippen LogP contribution in [0.3, 0.4) is 0 Å². The maximum Gasteiger partial charge on any atom is 0.242 e. The zero-order valence-corrected chi connectivity index (χ0v) is 20.4. The molecule has 2 aromatic carbocycles. The lowest BCUT2D eigenvalue weighted by Gasteiger charge is -2.30. The van der Waals surface area contributed by atoms with Gasteiger partial charge in [-0.25, -0.2) is 0 Å². The average Bonchev–Trinajstić information content (AvgIpc) is 3.31. The quantitative estimate of drug-likeness (QED) is 0.486. The third-order valence-electron chi connectivity index (χ3n) is 6.26. The Balaban J connectivity index is 1.71. The number of carbonyl (C=O) groups excluding carboxylic acids is 2. The van der Waals surface area contributed by atoms with Crippen molar-refractivity contribution in [2.24, 2.45) is 0 Å². The minimum absolute atomic E-state index is 0.0512. The van der Waals surface area contributed by atoms with Gasteiger partial charge in [-0.05, 0) is 61.4 Å². The summed E-state index contributed by atoms with van der Waals surface area (Å²) in [6.07, 6.45) is 6.26. The Morgan fingerprint density at radius 1 is 1.00 bits per heavy atom. The zero-order valence-electron chi connectivity index (χ0n) is 18.9. The average molecular weight is 475 g/mol. The summed E-state index contributed by atoms with van der Waals surface area (Å²) in [7, 11) is 0. The van der Waals surface area contributed by atoms with Crippen molar-refractivity contribution in [3.05, 3.63) is 69.2 Å². The number of hydrogen-bond acceptors (Lipinski definition) is 2. The molecule has 0 aromatic heterocycles. The summed E-state index contributed by atoms with van der Waals surface area (Å²) in [5.74, 6) is -0.151. The van der Waals surface area contributed by atoms with Crippen molar-refractivity contribution < 1.29 is 9.59 Å². The molecule has 1 atom stereocenters. The van der Waals surface area contributed by atoms with Crippen molar-refractivity contribution in [1.82, 2.24) is 10.2 Å². The van der Waals surface area contributed by atoms with Crippen molar-refractivity contribution in [2.75, 3.05) is 0 Å². The van der Waals surface area contributed by atoms with E-state index in [2.05, 4.69) is 36.5 Å². The number of carbonyl (C=O) groups is 2. The highest BCUT2D eigenvalue weighted by Gasteiger charge is 2.28. The number of halogens is 2. The topological polar surface area (TPSA) is 49.4 Å². The van der Waals surface area contributed by atoms with Gasteiger partial charge in [0.15, 0.2) is 0 Å². The molecule has 172 valence electrons. The van der Waals surface area contributed by atoms with Gasteiger partial charge in [0.1, 0.15) is 6.04 Å². The van der Waals surface area contributed by atoms with Gasteiger partial charge >= 0.3 is 0 Å². The first kappa shape index (κ1) is 24.6. The van der Waals surface area contributed by atoms with Gasteiger partial charge in [-0.15, -0.1) is 0 Å². The number of hydrogen-bond donors (Lipinski definition) is 1. The molecule has 1 saturated carbocycles. The predicted molar refractivity (Wildman–Crippen MR) is 131 cm³/mol. The summed E-state index contributed by atoms with van der Waals surface area (Å²) < 4.78 is 0. The van der Waals surface area contributed by atoms with Gasteiger partial charge in [0.05, 0.1) is 10.0 Å². The lowest BCUT2D eigenvalue weighted by Crippen LogP contribution is -2.49. The standard InChI is InChI=1S/C26H32Cl2N2O2/c1-3-19-8-10-20(11-9-19)13-15-25(31)30(17-21-12-14-23(27)24(28)16-21)18(2)26(32)29-22-6-4-5-7-22/h8-12,14,16,18,22H,3-7,13,15,17H2,1-2H3,(H,29,32). The number of nitrogens with zero attached hydrogens (tertiary/aromatic N) is 1. The van der Waals surface area contributed by atoms with Crippen LogP contribution in [0.1, 0.15) is 62.6 Å². The molecular formula is C26H32Cl2N2O2. The zero-order chi connectivity index (χ0) is 23.1. The van der Waals surface area contributed by atoms with E-state index in [9.17, 15) is 9.59 Å². The Kier molecular flexibility index (Phi) is 9.01. The van der Waals surface area contributed by atoms with E-state index >= 15 is 0 Å². The van der Waals surface area contributed by atoms with Gasteiger partial charge in [0.2, 0.25) is 11.8 Å². The number of aryl methyl sites for hydroxylation is 2. The van der Waals surface area contributed by atoms with E-state index in [4.69, 9.17) is 23.2 Å². The highest BCUT2D eigenvalue weighted by atomic mass is 35.5. The Morgan fingerprint density at radius 3 is 2.25 bits per heavy atom. The van der Waals surface area contributed by atoms with Gasteiger partial charge < -0.3 is 10.2 Å². The number of amides is 2. The second kappa shape index (κ2) is 11.7. The first-order valence-corrected chi connectivity index (χ1v) is 12.2. The van der Waals surface area contributed by atoms with Crippen LogP contribution in [-0.2, 0) is 29.0 Å². The maximum atomic E-state index is 13.3. The molecule has 1 aliphatic carbocycles. The maximum absolute atomic E-state index is 13.3. The molecular weight excluding hydrogens is 443 g/mol. The smallest absolute Gasteiger partial charge is 0.242 e. The molecule has 0 aliphatic heterocycles. The molecule has 1 fully saturated rings. The van der Waals surface area contributed by atoms with Crippen LogP contribution in [0.4, 0.5) is 0 Å². The van der Waals surface area contributed by atoms with Crippen molar-refractivity contribution in [3.63, 3.8) is 0 Å². The fourth-order valence-electron chi connectivity index (χ4n) is 4.15. The summed E-state index contributed by atoms with van der Waals surface area (Å²) in [4.78, 5) is 27.9. The van der Waals surface area contributed by atoms with Crippen LogP contribution in [0.15, 0.2) is 42.5 Å². The summed E-state index contributed by atoms with van der Waals surface area (Å²) in [5.41, 5.74) is 3.24. The van der Waals surface area contributed by atoms with Gasteiger partial charge in [-0.3, -0.25) is 9.59 Å². The molecule has 0 saturated heterocycles. The first-order chi connectivity index (χ1) is 15.4. The van der Waals surface area contributed by atoms with Crippen LogP contribution in [0.5, 0.6) is 0 Å². The summed E-state index contributed by atoms with van der Waals surface area (Å²) >= 11 is 12.2. The Bertz CT molecular complexity index is 924. The molecule has 0 spiro atoms. The van der Waals surface area contributed by atoms with E-state index in [0.717, 1.165) is 43.2 Å². The van der Waals surface area contributed by atoms with E-state index in [-0.39, 0.29) is 17.9 Å².